The number of aromatic nitrogens is 1. The first-order valence-electron chi connectivity index (χ1n) is 3.57. The van der Waals surface area contributed by atoms with E-state index in [1.165, 1.54) is 5.56 Å². The third-order valence-corrected chi connectivity index (χ3v) is 1.63. The molecule has 0 unspecified atom stereocenters. The molecule has 1 aromatic carbocycles. The Morgan fingerprint density at radius 3 is 2.55 bits per heavy atom. The van der Waals surface area contributed by atoms with Gasteiger partial charge < -0.3 is 4.98 Å². The van der Waals surface area contributed by atoms with Crippen LogP contribution >= 0.6 is 0 Å². The Morgan fingerprint density at radius 1 is 1.09 bits per heavy atom. The molecule has 0 spiro atoms. The molecule has 0 atom stereocenters. The average molecular weight is 142 g/mol. The Balaban J connectivity index is 2.46. The Morgan fingerprint density at radius 2 is 1.91 bits per heavy atom. The molecule has 2 rings (SSSR count). The van der Waals surface area contributed by atoms with Crippen LogP contribution in [0.4, 0.5) is 0 Å². The zero-order valence-corrected chi connectivity index (χ0v) is 6.04. The van der Waals surface area contributed by atoms with Crippen LogP contribution in [0.5, 0.6) is 0 Å². The molecular formula is C10H8N. The van der Waals surface area contributed by atoms with Gasteiger partial charge in [-0.1, -0.05) is 24.3 Å². The largest absolute Gasteiger partial charge is 0.361 e. The normalized spacial score (nSPS) is 9.82. The first kappa shape index (κ1) is 6.23. The Labute approximate surface area is 65.7 Å². The maximum absolute atomic E-state index is 3.14. The molecule has 0 saturated carbocycles. The van der Waals surface area contributed by atoms with Gasteiger partial charge in [0, 0.05) is 11.9 Å². The number of H-pyrrole nitrogens is 1. The van der Waals surface area contributed by atoms with Crippen LogP contribution in [0.15, 0.2) is 42.6 Å². The predicted octanol–water partition coefficient (Wildman–Crippen LogP) is 2.48. The first-order chi connectivity index (χ1) is 5.47. The van der Waals surface area contributed by atoms with Crippen LogP contribution in [0.1, 0.15) is 0 Å². The second kappa shape index (κ2) is 2.62. The van der Waals surface area contributed by atoms with Gasteiger partial charge in [-0.3, -0.25) is 0 Å². The lowest BCUT2D eigenvalue weighted by molar-refractivity contribution is 1.40. The Kier molecular flexibility index (Phi) is 1.48. The van der Waals surface area contributed by atoms with E-state index in [2.05, 4.69) is 17.1 Å². The van der Waals surface area contributed by atoms with Gasteiger partial charge in [0.2, 0.25) is 0 Å². The summed E-state index contributed by atoms with van der Waals surface area (Å²) in [6.45, 7) is 0. The summed E-state index contributed by atoms with van der Waals surface area (Å²) in [5.74, 6) is 0. The maximum Gasteiger partial charge on any atom is 0.0453 e. The van der Waals surface area contributed by atoms with E-state index in [4.69, 9.17) is 0 Å². The van der Waals surface area contributed by atoms with Crippen molar-refractivity contribution in [1.82, 2.24) is 4.98 Å². The second-order valence-corrected chi connectivity index (χ2v) is 2.37. The van der Waals surface area contributed by atoms with Gasteiger partial charge in [-0.05, 0) is 23.8 Å². The molecule has 1 aromatic heterocycles. The van der Waals surface area contributed by atoms with Gasteiger partial charge in [0.1, 0.15) is 0 Å². The number of benzene rings is 1. The topological polar surface area (TPSA) is 15.8 Å². The van der Waals surface area contributed by atoms with Crippen molar-refractivity contribution < 1.29 is 0 Å². The summed E-state index contributed by atoms with van der Waals surface area (Å²) >= 11 is 0. The molecule has 53 valence electrons. The van der Waals surface area contributed by atoms with Crippen molar-refractivity contribution in [1.29, 1.82) is 0 Å². The average Bonchev–Trinajstić information content (AvgIpc) is 2.58. The van der Waals surface area contributed by atoms with Gasteiger partial charge in [-0.15, -0.1) is 0 Å². The zero-order valence-electron chi connectivity index (χ0n) is 6.04. The monoisotopic (exact) mass is 142 g/mol. The van der Waals surface area contributed by atoms with Crippen molar-refractivity contribution in [2.24, 2.45) is 0 Å². The lowest BCUT2D eigenvalue weighted by Crippen LogP contribution is -1.73. The zero-order chi connectivity index (χ0) is 7.52. The van der Waals surface area contributed by atoms with E-state index in [0.717, 1.165) is 5.69 Å². The van der Waals surface area contributed by atoms with Crippen molar-refractivity contribution in [3.8, 4) is 11.3 Å². The SMILES string of the molecule is [c]1ccc(-c2ccc[nH]2)cc1. The molecule has 1 nitrogen and oxygen atoms in total. The molecule has 0 aliphatic carbocycles. The minimum Gasteiger partial charge on any atom is -0.361 e. The molecule has 1 heterocycles. The van der Waals surface area contributed by atoms with Crippen molar-refractivity contribution >= 4 is 0 Å². The fourth-order valence-corrected chi connectivity index (χ4v) is 1.08. The summed E-state index contributed by atoms with van der Waals surface area (Å²) < 4.78 is 0. The molecule has 2 aromatic rings. The maximum atomic E-state index is 3.14. The van der Waals surface area contributed by atoms with Crippen LogP contribution in [0.3, 0.4) is 0 Å². The summed E-state index contributed by atoms with van der Waals surface area (Å²) in [6, 6.07) is 14.9. The number of hydrogen-bond acceptors (Lipinski definition) is 0. The molecule has 1 radical (unpaired) electrons. The third kappa shape index (κ3) is 1.17. The molecule has 1 N–H and O–H groups in total. The van der Waals surface area contributed by atoms with Crippen molar-refractivity contribution in [2.75, 3.05) is 0 Å². The van der Waals surface area contributed by atoms with Gasteiger partial charge in [-0.2, -0.15) is 0 Å². The molecular weight excluding hydrogens is 134 g/mol. The molecule has 0 fully saturated rings. The van der Waals surface area contributed by atoms with Crippen molar-refractivity contribution in [3.63, 3.8) is 0 Å². The second-order valence-electron chi connectivity index (χ2n) is 2.37. The van der Waals surface area contributed by atoms with E-state index in [9.17, 15) is 0 Å². The standard InChI is InChI=1S/C10H8N/c1-2-5-9(6-3-1)10-7-4-8-11-10/h2-8,11H. The first-order valence-corrected chi connectivity index (χ1v) is 3.57. The summed E-state index contributed by atoms with van der Waals surface area (Å²) in [7, 11) is 0. The van der Waals surface area contributed by atoms with Gasteiger partial charge in [0.05, 0.1) is 0 Å². The third-order valence-electron chi connectivity index (χ3n) is 1.63. The number of rotatable bonds is 1. The van der Waals surface area contributed by atoms with E-state index in [0.29, 0.717) is 0 Å². The Hall–Kier alpha value is -1.50. The molecule has 0 bridgehead atoms. The van der Waals surface area contributed by atoms with Gasteiger partial charge in [-0.25, -0.2) is 0 Å². The fraction of sp³-hybridized carbons (Fsp3) is 0. The van der Waals surface area contributed by atoms with Crippen LogP contribution in [-0.4, -0.2) is 4.98 Å². The highest BCUT2D eigenvalue weighted by Gasteiger charge is 1.93. The van der Waals surface area contributed by atoms with Crippen LogP contribution in [0.25, 0.3) is 11.3 Å². The molecule has 1 heteroatoms. The molecule has 0 aliphatic rings. The van der Waals surface area contributed by atoms with E-state index < -0.39 is 0 Å². The van der Waals surface area contributed by atoms with Crippen LogP contribution in [-0.2, 0) is 0 Å². The van der Waals surface area contributed by atoms with Crippen LogP contribution in [0, 0.1) is 6.07 Å². The molecule has 0 aliphatic heterocycles. The lowest BCUT2D eigenvalue weighted by Gasteiger charge is -1.94. The minimum atomic E-state index is 1.15. The Bertz CT molecular complexity index is 308. The van der Waals surface area contributed by atoms with Gasteiger partial charge >= 0.3 is 0 Å². The van der Waals surface area contributed by atoms with E-state index >= 15 is 0 Å². The predicted molar refractivity (Wildman–Crippen MR) is 45.1 cm³/mol. The number of nitrogens with one attached hydrogen (secondary N) is 1. The van der Waals surface area contributed by atoms with Gasteiger partial charge in [0.25, 0.3) is 0 Å². The van der Waals surface area contributed by atoms with Crippen LogP contribution in [0.2, 0.25) is 0 Å². The lowest BCUT2D eigenvalue weighted by atomic mass is 10.2. The smallest absolute Gasteiger partial charge is 0.0453 e. The molecule has 11 heavy (non-hydrogen) atoms. The highest BCUT2D eigenvalue weighted by molar-refractivity contribution is 5.58. The van der Waals surface area contributed by atoms with Gasteiger partial charge in [0.15, 0.2) is 0 Å². The summed E-state index contributed by atoms with van der Waals surface area (Å²) in [5.41, 5.74) is 2.35. The number of hydrogen-bond donors (Lipinski definition) is 1. The van der Waals surface area contributed by atoms with Crippen molar-refractivity contribution in [2.45, 2.75) is 0 Å². The summed E-state index contributed by atoms with van der Waals surface area (Å²) in [6.07, 6.45) is 1.92. The quantitative estimate of drug-likeness (QED) is 0.629. The summed E-state index contributed by atoms with van der Waals surface area (Å²) in [4.78, 5) is 3.14. The van der Waals surface area contributed by atoms with E-state index in [1.54, 1.807) is 0 Å². The minimum absolute atomic E-state index is 1.15. The summed E-state index contributed by atoms with van der Waals surface area (Å²) in [5, 5.41) is 0. The van der Waals surface area contributed by atoms with Crippen molar-refractivity contribution in [3.05, 3.63) is 48.7 Å². The van der Waals surface area contributed by atoms with Crippen LogP contribution < -0.4 is 0 Å². The van der Waals surface area contributed by atoms with E-state index in [-0.39, 0.29) is 0 Å². The molecule has 0 saturated heterocycles. The number of aromatic amines is 1. The fourth-order valence-electron chi connectivity index (χ4n) is 1.08. The highest BCUT2D eigenvalue weighted by Crippen LogP contribution is 2.14. The highest BCUT2D eigenvalue weighted by atomic mass is 14.7. The molecule has 0 amide bonds. The van der Waals surface area contributed by atoms with E-state index in [1.807, 2.05) is 36.5 Å².